The Morgan fingerprint density at radius 3 is 2.06 bits per heavy atom. The van der Waals surface area contributed by atoms with Crippen LogP contribution in [0.5, 0.6) is 0 Å². The minimum absolute atomic E-state index is 0.0909. The number of alkyl carbamates (subject to hydrolysis) is 1. The summed E-state index contributed by atoms with van der Waals surface area (Å²) in [5, 5.41) is 17.6. The number of amides is 2. The lowest BCUT2D eigenvalue weighted by Crippen LogP contribution is -2.53. The third kappa shape index (κ3) is 18.7. The molecule has 1 heterocycles. The summed E-state index contributed by atoms with van der Waals surface area (Å²) in [6, 6.07) is 10.1. The number of hydrogen-bond donors (Lipinski definition) is 4. The number of halogens is 2. The molecular formula is C34H53F2N3O7S. The van der Waals surface area contributed by atoms with E-state index in [1.165, 1.54) is 25.0 Å². The summed E-state index contributed by atoms with van der Waals surface area (Å²) < 4.78 is 59.7. The molecule has 13 heteroatoms. The summed E-state index contributed by atoms with van der Waals surface area (Å²) >= 11 is 0. The first-order chi connectivity index (χ1) is 22.3. The van der Waals surface area contributed by atoms with Crippen molar-refractivity contribution in [3.05, 3.63) is 70.8 Å². The molecule has 2 unspecified atom stereocenters. The van der Waals surface area contributed by atoms with Crippen LogP contribution >= 0.6 is 0 Å². The number of aliphatic hydroxyl groups excluding tert-OH is 1. The summed E-state index contributed by atoms with van der Waals surface area (Å²) in [6.07, 6.45) is 3.16. The average molecular weight is 686 g/mol. The molecule has 10 nitrogen and oxygen atoms in total. The van der Waals surface area contributed by atoms with Gasteiger partial charge in [0.15, 0.2) is 9.84 Å². The Morgan fingerprint density at radius 1 is 0.957 bits per heavy atom. The van der Waals surface area contributed by atoms with E-state index in [2.05, 4.69) is 20.7 Å². The van der Waals surface area contributed by atoms with Crippen molar-refractivity contribution in [2.45, 2.75) is 90.2 Å². The summed E-state index contributed by atoms with van der Waals surface area (Å²) in [6.45, 7) is 10.2. The minimum atomic E-state index is -3.64. The van der Waals surface area contributed by atoms with Crippen molar-refractivity contribution in [1.82, 2.24) is 16.0 Å². The molecule has 0 bridgehead atoms. The zero-order chi connectivity index (χ0) is 35.2. The second kappa shape index (κ2) is 23.2. The number of carbonyl (C=O) groups excluding carboxylic acids is 2. The first-order valence-corrected chi connectivity index (χ1v) is 17.8. The molecule has 1 aliphatic rings. The highest BCUT2D eigenvalue weighted by molar-refractivity contribution is 7.92. The lowest BCUT2D eigenvalue weighted by molar-refractivity contribution is -0.123. The number of hydrogen-bond acceptors (Lipinski definition) is 8. The number of methoxy groups -OCH3 is 1. The van der Waals surface area contributed by atoms with E-state index < -0.39 is 56.6 Å². The number of sulfone groups is 1. The third-order valence-electron chi connectivity index (χ3n) is 7.06. The van der Waals surface area contributed by atoms with Gasteiger partial charge in [0.1, 0.15) is 17.7 Å². The molecule has 3 rings (SSSR count). The second-order valence-corrected chi connectivity index (χ2v) is 13.8. The zero-order valence-corrected chi connectivity index (χ0v) is 29.1. The maximum Gasteiger partial charge on any atom is 0.407 e. The molecule has 0 aromatic heterocycles. The van der Waals surface area contributed by atoms with Crippen molar-refractivity contribution in [3.8, 4) is 0 Å². The molecule has 47 heavy (non-hydrogen) atoms. The molecule has 1 fully saturated rings. The summed E-state index contributed by atoms with van der Waals surface area (Å²) in [7, 11) is -2.50. The molecule has 0 spiro atoms. The highest BCUT2D eigenvalue weighted by Gasteiger charge is 2.32. The number of benzene rings is 2. The lowest BCUT2D eigenvalue weighted by Gasteiger charge is -2.22. The van der Waals surface area contributed by atoms with Gasteiger partial charge in [-0.25, -0.2) is 22.0 Å². The van der Waals surface area contributed by atoms with Crippen LogP contribution in [-0.2, 0) is 30.7 Å². The van der Waals surface area contributed by atoms with Crippen LogP contribution in [0.3, 0.4) is 0 Å². The van der Waals surface area contributed by atoms with E-state index in [0.717, 1.165) is 37.5 Å². The standard InChI is InChI=1S/C23H39N3O6S.C7H6F2.C4H8O/c1-5-8-20(9-6-2)33(30,31)16-21(26-23(29)32-4)22(28)25-15-19(27)14-24-13-18-11-7-10-17(3)12-18;1-5-2-6(8)4-7(9)3-5;1-2-4-5-3-1/h7,10-12,19-21,24,27H,5-6,8-9,13-16H2,1-4H3,(H,25,28)(H,26,29);2-4H,1H3;1-4H2. The van der Waals surface area contributed by atoms with Crippen LogP contribution in [-0.4, -0.2) is 82.1 Å². The van der Waals surface area contributed by atoms with Gasteiger partial charge < -0.3 is 30.5 Å². The molecular weight excluding hydrogens is 632 g/mol. The Hall–Kier alpha value is -3.13. The summed E-state index contributed by atoms with van der Waals surface area (Å²) in [4.78, 5) is 24.4. The topological polar surface area (TPSA) is 143 Å². The van der Waals surface area contributed by atoms with Gasteiger partial charge >= 0.3 is 6.09 Å². The largest absolute Gasteiger partial charge is 0.453 e. The number of ether oxygens (including phenoxy) is 2. The minimum Gasteiger partial charge on any atom is -0.453 e. The SMILES string of the molecule is C1CCOC1.CCCC(CCC)S(=O)(=O)CC(NC(=O)OC)C(=O)NCC(O)CNCc1cccc(C)c1.Cc1cc(F)cc(F)c1. The van der Waals surface area contributed by atoms with Crippen LogP contribution in [0.15, 0.2) is 42.5 Å². The summed E-state index contributed by atoms with van der Waals surface area (Å²) in [5.41, 5.74) is 2.82. The van der Waals surface area contributed by atoms with Crippen LogP contribution in [0, 0.1) is 25.5 Å². The van der Waals surface area contributed by atoms with E-state index in [0.29, 0.717) is 37.8 Å². The number of aliphatic hydroxyl groups is 1. The van der Waals surface area contributed by atoms with Crippen LogP contribution in [0.4, 0.5) is 13.6 Å². The Kier molecular flexibility index (Phi) is 20.7. The normalized spacial score (nSPS) is 13.8. The fraction of sp³-hybridized carbons (Fsp3) is 0.588. The van der Waals surface area contributed by atoms with Crippen molar-refractivity contribution in [2.75, 3.05) is 39.2 Å². The monoisotopic (exact) mass is 685 g/mol. The van der Waals surface area contributed by atoms with E-state index in [1.807, 2.05) is 45.0 Å². The highest BCUT2D eigenvalue weighted by atomic mass is 32.2. The van der Waals surface area contributed by atoms with Crippen LogP contribution in [0.25, 0.3) is 0 Å². The maximum absolute atomic E-state index is 12.9. The number of rotatable bonds is 15. The fourth-order valence-corrected chi connectivity index (χ4v) is 6.88. The maximum atomic E-state index is 12.9. The number of nitrogens with one attached hydrogen (secondary N) is 3. The van der Waals surface area contributed by atoms with E-state index in [9.17, 15) is 31.9 Å². The lowest BCUT2D eigenvalue weighted by atomic mass is 10.1. The molecule has 1 aliphatic heterocycles. The van der Waals surface area contributed by atoms with Gasteiger partial charge in [0.2, 0.25) is 5.91 Å². The van der Waals surface area contributed by atoms with Gasteiger partial charge in [-0.2, -0.15) is 0 Å². The molecule has 0 saturated carbocycles. The van der Waals surface area contributed by atoms with Crippen molar-refractivity contribution in [1.29, 1.82) is 0 Å². The highest BCUT2D eigenvalue weighted by Crippen LogP contribution is 2.17. The average Bonchev–Trinajstić information content (AvgIpc) is 3.59. The van der Waals surface area contributed by atoms with Crippen molar-refractivity contribution in [2.24, 2.45) is 0 Å². The van der Waals surface area contributed by atoms with Gasteiger partial charge in [0, 0.05) is 38.9 Å². The van der Waals surface area contributed by atoms with E-state index in [4.69, 9.17) is 4.74 Å². The van der Waals surface area contributed by atoms with Gasteiger partial charge in [0.25, 0.3) is 0 Å². The Morgan fingerprint density at radius 2 is 1.57 bits per heavy atom. The van der Waals surface area contributed by atoms with E-state index in [-0.39, 0.29) is 13.1 Å². The number of aryl methyl sites for hydroxylation is 2. The molecule has 2 amide bonds. The Bertz CT molecular complexity index is 1250. The number of carbonyl (C=O) groups is 2. The van der Waals surface area contributed by atoms with E-state index in [1.54, 1.807) is 6.92 Å². The molecule has 266 valence electrons. The molecule has 2 aromatic carbocycles. The Labute approximate surface area is 278 Å². The molecule has 2 aromatic rings. The van der Waals surface area contributed by atoms with Crippen molar-refractivity contribution < 1.29 is 41.4 Å². The smallest absolute Gasteiger partial charge is 0.407 e. The van der Waals surface area contributed by atoms with Gasteiger partial charge in [-0.05, 0) is 62.8 Å². The molecule has 0 radical (unpaired) electrons. The quantitative estimate of drug-likeness (QED) is 0.211. The first kappa shape index (κ1) is 41.9. The first-order valence-electron chi connectivity index (χ1n) is 16.1. The fourth-order valence-electron chi connectivity index (χ4n) is 4.72. The third-order valence-corrected chi connectivity index (χ3v) is 9.34. The second-order valence-electron chi connectivity index (χ2n) is 11.5. The van der Waals surface area contributed by atoms with Crippen LogP contribution in [0.1, 0.15) is 69.1 Å². The van der Waals surface area contributed by atoms with Gasteiger partial charge in [-0.3, -0.25) is 4.79 Å². The van der Waals surface area contributed by atoms with Crippen LogP contribution in [0.2, 0.25) is 0 Å². The van der Waals surface area contributed by atoms with Crippen molar-refractivity contribution in [3.63, 3.8) is 0 Å². The molecule has 4 N–H and O–H groups in total. The van der Waals surface area contributed by atoms with Gasteiger partial charge in [-0.1, -0.05) is 56.5 Å². The predicted molar refractivity (Wildman–Crippen MR) is 180 cm³/mol. The van der Waals surface area contributed by atoms with Crippen LogP contribution < -0.4 is 16.0 Å². The Balaban J connectivity index is 0.000000638. The van der Waals surface area contributed by atoms with E-state index >= 15 is 0 Å². The van der Waals surface area contributed by atoms with Gasteiger partial charge in [-0.15, -0.1) is 0 Å². The van der Waals surface area contributed by atoms with Gasteiger partial charge in [0.05, 0.1) is 24.2 Å². The summed E-state index contributed by atoms with van der Waals surface area (Å²) in [5.74, 6) is -2.26. The molecule has 0 aliphatic carbocycles. The predicted octanol–water partition coefficient (Wildman–Crippen LogP) is 4.74. The van der Waals surface area contributed by atoms with Crippen molar-refractivity contribution >= 4 is 21.8 Å². The molecule has 1 saturated heterocycles. The zero-order valence-electron chi connectivity index (χ0n) is 28.3. The molecule has 2 atom stereocenters.